The number of hydrogen-bond acceptors (Lipinski definition) is 8. The lowest BCUT2D eigenvalue weighted by Crippen LogP contribution is -2.41. The van der Waals surface area contributed by atoms with Gasteiger partial charge in [-0.3, -0.25) is 9.36 Å². The van der Waals surface area contributed by atoms with E-state index in [9.17, 15) is 19.8 Å². The van der Waals surface area contributed by atoms with Crippen molar-refractivity contribution in [1.29, 1.82) is 5.26 Å². The second kappa shape index (κ2) is 9.18. The predicted molar refractivity (Wildman–Crippen MR) is 111 cm³/mol. The molecular weight excluding hydrogens is 416 g/mol. The first-order chi connectivity index (χ1) is 15.5. The Morgan fingerprint density at radius 3 is 2.81 bits per heavy atom. The molecule has 10 nitrogen and oxygen atoms in total. The van der Waals surface area contributed by atoms with Gasteiger partial charge < -0.3 is 25.0 Å². The fourth-order valence-electron chi connectivity index (χ4n) is 4.50. The molecule has 1 aromatic carbocycles. The number of hydrogen-bond donors (Lipinski definition) is 3. The van der Waals surface area contributed by atoms with Crippen molar-refractivity contribution in [3.63, 3.8) is 0 Å². The van der Waals surface area contributed by atoms with Crippen molar-refractivity contribution < 1.29 is 24.5 Å². The Kier molecular flexibility index (Phi) is 6.34. The molecule has 0 unspecified atom stereocenters. The molecule has 168 valence electrons. The number of amides is 1. The predicted octanol–water partition coefficient (Wildman–Crippen LogP) is 0.683. The Bertz CT molecular complexity index is 1070. The fourth-order valence-corrected chi connectivity index (χ4v) is 4.50. The Balaban J connectivity index is 1.51. The minimum absolute atomic E-state index is 0.111. The summed E-state index contributed by atoms with van der Waals surface area (Å²) in [6, 6.07) is 11.5. The molecule has 5 atom stereocenters. The molecule has 2 aliphatic rings. The minimum atomic E-state index is -0.980. The lowest BCUT2D eigenvalue weighted by atomic mass is 10.0. The summed E-state index contributed by atoms with van der Waals surface area (Å²) in [6.45, 7) is -0.185. The third-order valence-electron chi connectivity index (χ3n) is 6.25. The molecule has 2 fully saturated rings. The first-order valence-electron chi connectivity index (χ1n) is 10.3. The van der Waals surface area contributed by atoms with E-state index in [-0.39, 0.29) is 44.1 Å². The van der Waals surface area contributed by atoms with Gasteiger partial charge in [0, 0.05) is 17.2 Å². The van der Waals surface area contributed by atoms with Crippen LogP contribution in [0.3, 0.4) is 0 Å². The summed E-state index contributed by atoms with van der Waals surface area (Å²) >= 11 is 0. The van der Waals surface area contributed by atoms with Crippen LogP contribution in [0.25, 0.3) is 0 Å². The van der Waals surface area contributed by atoms with Crippen LogP contribution in [0, 0.1) is 22.7 Å². The number of nitrogens with one attached hydrogen (secondary N) is 1. The maximum Gasteiger partial charge on any atom is 0.349 e. The van der Waals surface area contributed by atoms with E-state index in [4.69, 9.17) is 14.7 Å². The van der Waals surface area contributed by atoms with E-state index in [0.29, 0.717) is 12.0 Å². The van der Waals surface area contributed by atoms with Crippen LogP contribution in [0.1, 0.15) is 29.2 Å². The average Bonchev–Trinajstić information content (AvgIpc) is 3.49. The largest absolute Gasteiger partial charge is 0.396 e. The summed E-state index contributed by atoms with van der Waals surface area (Å²) in [7, 11) is 0. The first kappa shape index (κ1) is 22.1. The van der Waals surface area contributed by atoms with Gasteiger partial charge in [0.15, 0.2) is 0 Å². The van der Waals surface area contributed by atoms with Gasteiger partial charge in [0.25, 0.3) is 5.91 Å². The Morgan fingerprint density at radius 2 is 2.12 bits per heavy atom. The third-order valence-corrected chi connectivity index (χ3v) is 6.25. The second-order valence-corrected chi connectivity index (χ2v) is 8.03. The Hall–Kier alpha value is -3.10. The van der Waals surface area contributed by atoms with Crippen molar-refractivity contribution in [1.82, 2.24) is 9.55 Å². The number of anilines is 1. The van der Waals surface area contributed by atoms with Crippen LogP contribution in [-0.4, -0.2) is 57.9 Å². The van der Waals surface area contributed by atoms with Crippen LogP contribution in [0.5, 0.6) is 0 Å². The van der Waals surface area contributed by atoms with E-state index >= 15 is 0 Å². The molecule has 1 amide bonds. The summed E-state index contributed by atoms with van der Waals surface area (Å²) in [5.41, 5.74) is -0.887. The maximum atomic E-state index is 12.8. The zero-order valence-electron chi connectivity index (χ0n) is 17.3. The van der Waals surface area contributed by atoms with E-state index in [2.05, 4.69) is 10.3 Å². The van der Waals surface area contributed by atoms with Crippen molar-refractivity contribution in [2.45, 2.75) is 31.1 Å². The van der Waals surface area contributed by atoms with Crippen LogP contribution in [0.4, 0.5) is 5.82 Å². The smallest absolute Gasteiger partial charge is 0.349 e. The number of benzene rings is 1. The van der Waals surface area contributed by atoms with E-state index < -0.39 is 29.4 Å². The highest BCUT2D eigenvalue weighted by Crippen LogP contribution is 2.67. The first-order valence-corrected chi connectivity index (χ1v) is 10.3. The van der Waals surface area contributed by atoms with E-state index in [1.807, 2.05) is 6.07 Å². The monoisotopic (exact) mass is 440 g/mol. The van der Waals surface area contributed by atoms with Gasteiger partial charge in [-0.2, -0.15) is 10.2 Å². The third kappa shape index (κ3) is 4.03. The number of nitrogens with zero attached hydrogens (tertiary/aromatic N) is 3. The molecule has 0 saturated heterocycles. The van der Waals surface area contributed by atoms with E-state index in [1.165, 1.54) is 16.8 Å². The molecule has 1 heterocycles. The SMILES string of the molecule is N#CCCOCO[C@H]1[C@H](n2ccc(NC(=O)c3ccccc3)nc2=O)[C@H]2C[C@@]2(CO)[C@H]1O. The molecule has 0 bridgehead atoms. The fraction of sp³-hybridized carbons (Fsp3) is 0.455. The Labute approximate surface area is 184 Å². The number of aliphatic hydroxyl groups is 2. The van der Waals surface area contributed by atoms with Gasteiger partial charge in [-0.05, 0) is 30.5 Å². The highest BCUT2D eigenvalue weighted by molar-refractivity contribution is 6.03. The van der Waals surface area contributed by atoms with Crippen molar-refractivity contribution in [2.24, 2.45) is 11.3 Å². The lowest BCUT2D eigenvalue weighted by molar-refractivity contribution is -0.140. The molecule has 2 saturated carbocycles. The Morgan fingerprint density at radius 1 is 1.34 bits per heavy atom. The van der Waals surface area contributed by atoms with Crippen LogP contribution in [-0.2, 0) is 9.47 Å². The number of nitriles is 1. The van der Waals surface area contributed by atoms with Crippen molar-refractivity contribution in [2.75, 3.05) is 25.3 Å². The quantitative estimate of drug-likeness (QED) is 0.381. The highest BCUT2D eigenvalue weighted by atomic mass is 16.7. The number of fused-ring (bicyclic) bond motifs is 1. The van der Waals surface area contributed by atoms with Gasteiger partial charge in [0.05, 0.1) is 37.8 Å². The van der Waals surface area contributed by atoms with Gasteiger partial charge >= 0.3 is 5.69 Å². The van der Waals surface area contributed by atoms with E-state index in [0.717, 1.165) is 0 Å². The molecule has 0 aliphatic heterocycles. The average molecular weight is 440 g/mol. The van der Waals surface area contributed by atoms with Crippen LogP contribution in [0.2, 0.25) is 0 Å². The molecular formula is C22H24N4O6. The number of aromatic nitrogens is 2. The molecule has 3 N–H and O–H groups in total. The molecule has 4 rings (SSSR count). The second-order valence-electron chi connectivity index (χ2n) is 8.03. The molecule has 10 heteroatoms. The summed E-state index contributed by atoms with van der Waals surface area (Å²) in [6.07, 6.45) is 0.511. The summed E-state index contributed by atoms with van der Waals surface area (Å²) in [5, 5.41) is 31.8. The number of carbonyl (C=O) groups is 1. The molecule has 2 aromatic rings. The highest BCUT2D eigenvalue weighted by Gasteiger charge is 2.72. The number of aliphatic hydroxyl groups excluding tert-OH is 2. The molecule has 32 heavy (non-hydrogen) atoms. The topological polar surface area (TPSA) is 147 Å². The maximum absolute atomic E-state index is 12.8. The number of ether oxygens (including phenoxy) is 2. The lowest BCUT2D eigenvalue weighted by Gasteiger charge is -2.28. The van der Waals surface area contributed by atoms with Gasteiger partial charge in [-0.25, -0.2) is 4.79 Å². The standard InChI is InChI=1S/C22H24N4O6/c23-8-4-10-31-13-32-18-17(15-11-22(15,12-27)19(18)28)26-9-7-16(25-21(26)30)24-20(29)14-5-2-1-3-6-14/h1-3,5-7,9,15,17-19,27-28H,4,10-13H2,(H,24,25,29,30)/t15-,17-,18+,19+,22+/m1/s1. The molecule has 1 aromatic heterocycles. The van der Waals surface area contributed by atoms with Gasteiger partial charge in [-0.1, -0.05) is 18.2 Å². The van der Waals surface area contributed by atoms with Gasteiger partial charge in [0.2, 0.25) is 0 Å². The summed E-state index contributed by atoms with van der Waals surface area (Å²) in [4.78, 5) is 29.1. The molecule has 0 spiro atoms. The van der Waals surface area contributed by atoms with Gasteiger partial charge in [-0.15, -0.1) is 0 Å². The van der Waals surface area contributed by atoms with Crippen LogP contribution < -0.4 is 11.0 Å². The summed E-state index contributed by atoms with van der Waals surface area (Å²) in [5.74, 6) is -0.431. The van der Waals surface area contributed by atoms with Crippen molar-refractivity contribution in [3.05, 3.63) is 58.6 Å². The van der Waals surface area contributed by atoms with E-state index in [1.54, 1.807) is 30.3 Å². The summed E-state index contributed by atoms with van der Waals surface area (Å²) < 4.78 is 12.3. The number of rotatable bonds is 9. The van der Waals surface area contributed by atoms with Crippen LogP contribution in [0.15, 0.2) is 47.4 Å². The molecule has 0 radical (unpaired) electrons. The van der Waals surface area contributed by atoms with Crippen LogP contribution >= 0.6 is 0 Å². The molecule has 2 aliphatic carbocycles. The zero-order valence-corrected chi connectivity index (χ0v) is 17.3. The zero-order chi connectivity index (χ0) is 22.7. The van der Waals surface area contributed by atoms with Crippen molar-refractivity contribution in [3.8, 4) is 6.07 Å². The normalized spacial score (nSPS) is 28.0. The van der Waals surface area contributed by atoms with Gasteiger partial charge in [0.1, 0.15) is 18.7 Å². The minimum Gasteiger partial charge on any atom is -0.396 e. The number of carbonyl (C=O) groups excluding carboxylic acids is 1. The van der Waals surface area contributed by atoms with Crippen molar-refractivity contribution >= 4 is 11.7 Å².